The highest BCUT2D eigenvalue weighted by molar-refractivity contribution is 9.10. The van der Waals surface area contributed by atoms with Crippen LogP contribution in [0.2, 0.25) is 0 Å². The van der Waals surface area contributed by atoms with E-state index in [4.69, 9.17) is 5.11 Å². The average Bonchev–Trinajstić information content (AvgIpc) is 2.27. The van der Waals surface area contributed by atoms with E-state index < -0.39 is 22.0 Å². The molecular formula is C10H12BrNO4S. The summed E-state index contributed by atoms with van der Waals surface area (Å²) in [5.41, 5.74) is 0. The van der Waals surface area contributed by atoms with Gasteiger partial charge in [-0.05, 0) is 35.0 Å². The normalized spacial score (nSPS) is 13.6. The van der Waals surface area contributed by atoms with Gasteiger partial charge in [-0.3, -0.25) is 4.79 Å². The molecule has 5 nitrogen and oxygen atoms in total. The molecule has 1 aromatic carbocycles. The Labute approximate surface area is 108 Å². The van der Waals surface area contributed by atoms with E-state index in [1.807, 2.05) is 0 Å². The van der Waals surface area contributed by atoms with Gasteiger partial charge in [0.15, 0.2) is 0 Å². The van der Waals surface area contributed by atoms with Gasteiger partial charge in [0, 0.05) is 11.5 Å². The molecule has 0 aliphatic heterocycles. The van der Waals surface area contributed by atoms with Crippen LogP contribution in [0, 0.1) is 0 Å². The molecular weight excluding hydrogens is 310 g/mol. The van der Waals surface area contributed by atoms with Gasteiger partial charge < -0.3 is 5.11 Å². The Kier molecular flexibility index (Phi) is 4.29. The smallest absolute Gasteiger partial charge is 0.321 e. The first-order chi connectivity index (χ1) is 7.78. The lowest BCUT2D eigenvalue weighted by atomic mass is 10.4. The van der Waals surface area contributed by atoms with Crippen LogP contribution in [0.5, 0.6) is 0 Å². The van der Waals surface area contributed by atoms with Crippen LogP contribution in [-0.2, 0) is 14.8 Å². The first-order valence-electron chi connectivity index (χ1n) is 4.74. The number of hydrogen-bond donors (Lipinski definition) is 1. The third kappa shape index (κ3) is 2.85. The van der Waals surface area contributed by atoms with E-state index in [2.05, 4.69) is 15.9 Å². The largest absolute Gasteiger partial charge is 0.480 e. The van der Waals surface area contributed by atoms with E-state index >= 15 is 0 Å². The fraction of sp³-hybridized carbons (Fsp3) is 0.300. The lowest BCUT2D eigenvalue weighted by Gasteiger charge is -2.21. The van der Waals surface area contributed by atoms with Crippen molar-refractivity contribution in [3.63, 3.8) is 0 Å². The van der Waals surface area contributed by atoms with E-state index in [-0.39, 0.29) is 4.90 Å². The molecule has 1 atom stereocenters. The molecule has 0 heterocycles. The lowest BCUT2D eigenvalue weighted by Crippen LogP contribution is -2.40. The Hall–Kier alpha value is -0.920. The second kappa shape index (κ2) is 5.16. The van der Waals surface area contributed by atoms with Gasteiger partial charge in [-0.1, -0.05) is 12.1 Å². The molecule has 1 rings (SSSR count). The van der Waals surface area contributed by atoms with Gasteiger partial charge in [-0.2, -0.15) is 4.31 Å². The number of likely N-dealkylation sites (N-methyl/N-ethyl adjacent to an activating group) is 1. The quantitative estimate of drug-likeness (QED) is 0.912. The van der Waals surface area contributed by atoms with Crippen molar-refractivity contribution in [3.8, 4) is 0 Å². The van der Waals surface area contributed by atoms with Crippen molar-refractivity contribution in [1.82, 2.24) is 4.31 Å². The number of nitrogens with zero attached hydrogens (tertiary/aromatic N) is 1. The summed E-state index contributed by atoms with van der Waals surface area (Å²) in [6, 6.07) is 5.16. The summed E-state index contributed by atoms with van der Waals surface area (Å²) < 4.78 is 25.5. The van der Waals surface area contributed by atoms with Crippen molar-refractivity contribution in [1.29, 1.82) is 0 Å². The van der Waals surface area contributed by atoms with Crippen LogP contribution in [0.3, 0.4) is 0 Å². The summed E-state index contributed by atoms with van der Waals surface area (Å²) in [4.78, 5) is 10.8. The molecule has 0 radical (unpaired) electrons. The number of carbonyl (C=O) groups is 1. The zero-order valence-electron chi connectivity index (χ0n) is 9.29. The molecule has 0 aliphatic carbocycles. The predicted octanol–water partition coefficient (Wildman–Crippen LogP) is 1.54. The molecule has 0 saturated heterocycles. The Bertz CT molecular complexity index is 529. The fourth-order valence-corrected chi connectivity index (χ4v) is 3.45. The van der Waals surface area contributed by atoms with Gasteiger partial charge in [0.25, 0.3) is 0 Å². The molecule has 1 N–H and O–H groups in total. The van der Waals surface area contributed by atoms with E-state index in [1.165, 1.54) is 20.0 Å². The van der Waals surface area contributed by atoms with Crippen molar-refractivity contribution in [2.75, 3.05) is 7.05 Å². The van der Waals surface area contributed by atoms with Crippen LogP contribution >= 0.6 is 15.9 Å². The summed E-state index contributed by atoms with van der Waals surface area (Å²) >= 11 is 3.13. The molecule has 0 aliphatic rings. The molecule has 1 unspecified atom stereocenters. The summed E-state index contributed by atoms with van der Waals surface area (Å²) in [5, 5.41) is 8.81. The maximum atomic E-state index is 12.1. The summed E-state index contributed by atoms with van der Waals surface area (Å²) in [6.07, 6.45) is 0. The highest BCUT2D eigenvalue weighted by atomic mass is 79.9. The molecule has 1 aromatic rings. The Morgan fingerprint density at radius 1 is 1.41 bits per heavy atom. The zero-order valence-corrected chi connectivity index (χ0v) is 11.7. The minimum atomic E-state index is -3.81. The fourth-order valence-electron chi connectivity index (χ4n) is 1.17. The van der Waals surface area contributed by atoms with Gasteiger partial charge in [-0.15, -0.1) is 0 Å². The Morgan fingerprint density at radius 3 is 2.41 bits per heavy atom. The van der Waals surface area contributed by atoms with Crippen molar-refractivity contribution in [2.45, 2.75) is 17.9 Å². The maximum absolute atomic E-state index is 12.1. The van der Waals surface area contributed by atoms with Gasteiger partial charge in [0.1, 0.15) is 6.04 Å². The number of rotatable bonds is 4. The number of sulfonamides is 1. The van der Waals surface area contributed by atoms with Crippen LogP contribution in [0.15, 0.2) is 33.6 Å². The molecule has 0 fully saturated rings. The van der Waals surface area contributed by atoms with E-state index in [9.17, 15) is 13.2 Å². The first-order valence-corrected chi connectivity index (χ1v) is 6.97. The summed E-state index contributed by atoms with van der Waals surface area (Å²) in [7, 11) is -2.56. The minimum absolute atomic E-state index is 0.0515. The molecule has 0 amide bonds. The van der Waals surface area contributed by atoms with Crippen LogP contribution < -0.4 is 0 Å². The van der Waals surface area contributed by atoms with Gasteiger partial charge in [-0.25, -0.2) is 8.42 Å². The van der Waals surface area contributed by atoms with Crippen molar-refractivity contribution in [3.05, 3.63) is 28.7 Å². The number of halogens is 1. The Morgan fingerprint density at radius 2 is 1.94 bits per heavy atom. The number of aliphatic carboxylic acids is 1. The SMILES string of the molecule is CC(C(=O)O)N(C)S(=O)(=O)c1ccccc1Br. The van der Waals surface area contributed by atoms with Gasteiger partial charge in [0.2, 0.25) is 10.0 Å². The summed E-state index contributed by atoms with van der Waals surface area (Å²) in [5.74, 6) is -1.19. The van der Waals surface area contributed by atoms with Crippen LogP contribution in [0.25, 0.3) is 0 Å². The monoisotopic (exact) mass is 321 g/mol. The zero-order chi connectivity index (χ0) is 13.2. The van der Waals surface area contributed by atoms with E-state index in [1.54, 1.807) is 18.2 Å². The molecule has 17 heavy (non-hydrogen) atoms. The van der Waals surface area contributed by atoms with Crippen LogP contribution in [-0.4, -0.2) is 36.9 Å². The molecule has 0 saturated carbocycles. The molecule has 7 heteroatoms. The number of carboxylic acids is 1. The third-order valence-electron chi connectivity index (χ3n) is 2.40. The molecule has 0 bridgehead atoms. The third-order valence-corrected chi connectivity index (χ3v) is 5.34. The molecule has 94 valence electrons. The van der Waals surface area contributed by atoms with Crippen molar-refractivity contribution in [2.24, 2.45) is 0 Å². The van der Waals surface area contributed by atoms with Gasteiger partial charge >= 0.3 is 5.97 Å². The number of hydrogen-bond acceptors (Lipinski definition) is 3. The standard InChI is InChI=1S/C10H12BrNO4S/c1-7(10(13)14)12(2)17(15,16)9-6-4-3-5-8(9)11/h3-7H,1-2H3,(H,13,14). The second-order valence-corrected chi connectivity index (χ2v) is 6.29. The average molecular weight is 322 g/mol. The van der Waals surface area contributed by atoms with E-state index in [0.717, 1.165) is 4.31 Å². The predicted molar refractivity (Wildman–Crippen MR) is 66.2 cm³/mol. The first kappa shape index (κ1) is 14.1. The summed E-state index contributed by atoms with van der Waals surface area (Å²) in [6.45, 7) is 1.32. The highest BCUT2D eigenvalue weighted by Crippen LogP contribution is 2.24. The van der Waals surface area contributed by atoms with Crippen LogP contribution in [0.4, 0.5) is 0 Å². The van der Waals surface area contributed by atoms with E-state index in [0.29, 0.717) is 4.47 Å². The lowest BCUT2D eigenvalue weighted by molar-refractivity contribution is -0.140. The van der Waals surface area contributed by atoms with Crippen LogP contribution in [0.1, 0.15) is 6.92 Å². The minimum Gasteiger partial charge on any atom is -0.480 e. The second-order valence-electron chi connectivity index (χ2n) is 3.47. The molecule has 0 spiro atoms. The number of carboxylic acid groups (broad SMARTS) is 1. The topological polar surface area (TPSA) is 74.7 Å². The van der Waals surface area contributed by atoms with Gasteiger partial charge in [0.05, 0.1) is 4.90 Å². The van der Waals surface area contributed by atoms with Crippen molar-refractivity contribution >= 4 is 31.9 Å². The molecule has 0 aromatic heterocycles. The highest BCUT2D eigenvalue weighted by Gasteiger charge is 2.30. The van der Waals surface area contributed by atoms with Crippen molar-refractivity contribution < 1.29 is 18.3 Å². The number of benzene rings is 1. The Balaban J connectivity index is 3.21. The maximum Gasteiger partial charge on any atom is 0.321 e.